The molecular weight excluding hydrogens is 322 g/mol. The molecule has 1 saturated heterocycles. The van der Waals surface area contributed by atoms with Crippen molar-refractivity contribution in [3.05, 3.63) is 35.9 Å². The standard InChI is InChI=1S/C18H27N3O4/c1-18(2,3)25-17(23)21-11-7-10-15(12-21)19-20-16(22)24-13-14-8-5-4-6-9-14/h4-6,8-9,15,19H,7,10-13H2,1-3H3,(H,20,22). The lowest BCUT2D eigenvalue weighted by molar-refractivity contribution is 0.0182. The summed E-state index contributed by atoms with van der Waals surface area (Å²) in [6.45, 7) is 6.88. The number of hydrogen-bond donors (Lipinski definition) is 2. The van der Waals surface area contributed by atoms with E-state index in [0.29, 0.717) is 13.1 Å². The van der Waals surface area contributed by atoms with Crippen molar-refractivity contribution < 1.29 is 19.1 Å². The predicted octanol–water partition coefficient (Wildman–Crippen LogP) is 2.82. The van der Waals surface area contributed by atoms with Crippen LogP contribution in [-0.4, -0.2) is 41.8 Å². The van der Waals surface area contributed by atoms with E-state index in [-0.39, 0.29) is 18.7 Å². The maximum absolute atomic E-state index is 12.1. The molecule has 0 radical (unpaired) electrons. The van der Waals surface area contributed by atoms with Gasteiger partial charge in [0.25, 0.3) is 0 Å². The van der Waals surface area contributed by atoms with Crippen LogP contribution < -0.4 is 10.9 Å². The second-order valence-electron chi connectivity index (χ2n) is 7.10. The summed E-state index contributed by atoms with van der Waals surface area (Å²) in [5.74, 6) is 0. The molecule has 2 amide bonds. The van der Waals surface area contributed by atoms with Gasteiger partial charge in [-0.3, -0.25) is 5.43 Å². The summed E-state index contributed by atoms with van der Waals surface area (Å²) in [7, 11) is 0. The van der Waals surface area contributed by atoms with Crippen LogP contribution >= 0.6 is 0 Å². The fourth-order valence-electron chi connectivity index (χ4n) is 2.51. The number of piperidine rings is 1. The molecule has 1 unspecified atom stereocenters. The van der Waals surface area contributed by atoms with Crippen LogP contribution in [-0.2, 0) is 16.1 Å². The van der Waals surface area contributed by atoms with E-state index in [1.54, 1.807) is 4.90 Å². The molecule has 0 bridgehead atoms. The summed E-state index contributed by atoms with van der Waals surface area (Å²) in [6.07, 6.45) is 0.833. The Bertz CT molecular complexity index is 571. The highest BCUT2D eigenvalue weighted by molar-refractivity contribution is 5.68. The number of nitrogens with one attached hydrogen (secondary N) is 2. The summed E-state index contributed by atoms with van der Waals surface area (Å²) >= 11 is 0. The topological polar surface area (TPSA) is 79.9 Å². The number of carbonyl (C=O) groups excluding carboxylic acids is 2. The molecule has 0 aliphatic carbocycles. The van der Waals surface area contributed by atoms with Gasteiger partial charge in [-0.25, -0.2) is 15.0 Å². The second-order valence-corrected chi connectivity index (χ2v) is 7.10. The van der Waals surface area contributed by atoms with Crippen LogP contribution in [0.2, 0.25) is 0 Å². The third kappa shape index (κ3) is 7.01. The molecule has 2 N–H and O–H groups in total. The van der Waals surface area contributed by atoms with Gasteiger partial charge in [-0.1, -0.05) is 30.3 Å². The minimum absolute atomic E-state index is 0.0365. The number of nitrogens with zero attached hydrogens (tertiary/aromatic N) is 1. The molecule has 0 aromatic heterocycles. The zero-order valence-corrected chi connectivity index (χ0v) is 15.1. The first kappa shape index (κ1) is 19.1. The van der Waals surface area contributed by atoms with Crippen molar-refractivity contribution in [3.63, 3.8) is 0 Å². The Morgan fingerprint density at radius 2 is 1.96 bits per heavy atom. The zero-order chi connectivity index (χ0) is 18.3. The maximum atomic E-state index is 12.1. The van der Waals surface area contributed by atoms with Gasteiger partial charge in [-0.05, 0) is 39.2 Å². The van der Waals surface area contributed by atoms with Crippen LogP contribution in [0.1, 0.15) is 39.2 Å². The van der Waals surface area contributed by atoms with Gasteiger partial charge in [0.05, 0.1) is 0 Å². The van der Waals surface area contributed by atoms with E-state index in [2.05, 4.69) is 10.9 Å². The molecule has 1 atom stereocenters. The van der Waals surface area contributed by atoms with Gasteiger partial charge >= 0.3 is 12.2 Å². The number of hydrogen-bond acceptors (Lipinski definition) is 5. The lowest BCUT2D eigenvalue weighted by atomic mass is 10.1. The van der Waals surface area contributed by atoms with Crippen molar-refractivity contribution in [3.8, 4) is 0 Å². The predicted molar refractivity (Wildman–Crippen MR) is 93.7 cm³/mol. The molecular formula is C18H27N3O4. The first-order valence-electron chi connectivity index (χ1n) is 8.53. The van der Waals surface area contributed by atoms with E-state index in [9.17, 15) is 9.59 Å². The highest BCUT2D eigenvalue weighted by atomic mass is 16.6. The lowest BCUT2D eigenvalue weighted by Gasteiger charge is -2.34. The molecule has 1 heterocycles. The number of likely N-dealkylation sites (tertiary alicyclic amines) is 1. The van der Waals surface area contributed by atoms with Crippen LogP contribution in [0.4, 0.5) is 9.59 Å². The minimum atomic E-state index is -0.543. The first-order valence-corrected chi connectivity index (χ1v) is 8.53. The van der Waals surface area contributed by atoms with Crippen molar-refractivity contribution in [2.24, 2.45) is 0 Å². The van der Waals surface area contributed by atoms with E-state index < -0.39 is 11.7 Å². The maximum Gasteiger partial charge on any atom is 0.421 e. The second kappa shape index (κ2) is 8.71. The molecule has 7 nitrogen and oxygen atoms in total. The van der Waals surface area contributed by atoms with E-state index in [4.69, 9.17) is 9.47 Å². The summed E-state index contributed by atoms with van der Waals surface area (Å²) in [6, 6.07) is 9.43. The van der Waals surface area contributed by atoms with E-state index in [1.807, 2.05) is 51.1 Å². The Morgan fingerprint density at radius 3 is 2.64 bits per heavy atom. The van der Waals surface area contributed by atoms with Crippen LogP contribution in [0, 0.1) is 0 Å². The summed E-state index contributed by atoms with van der Waals surface area (Å²) < 4.78 is 10.5. The third-order valence-corrected chi connectivity index (χ3v) is 3.66. The van der Waals surface area contributed by atoms with E-state index >= 15 is 0 Å². The van der Waals surface area contributed by atoms with Crippen molar-refractivity contribution >= 4 is 12.2 Å². The van der Waals surface area contributed by atoms with Crippen LogP contribution in [0.15, 0.2) is 30.3 Å². The molecule has 2 rings (SSSR count). The molecule has 0 spiro atoms. The largest absolute Gasteiger partial charge is 0.444 e. The van der Waals surface area contributed by atoms with Crippen LogP contribution in [0.3, 0.4) is 0 Å². The highest BCUT2D eigenvalue weighted by Gasteiger charge is 2.27. The number of rotatable bonds is 4. The van der Waals surface area contributed by atoms with Gasteiger partial charge < -0.3 is 14.4 Å². The number of carbonyl (C=O) groups is 2. The van der Waals surface area contributed by atoms with E-state index in [0.717, 1.165) is 18.4 Å². The van der Waals surface area contributed by atoms with Gasteiger partial charge in [0.2, 0.25) is 0 Å². The molecule has 1 aromatic carbocycles. The molecule has 138 valence electrons. The van der Waals surface area contributed by atoms with Crippen LogP contribution in [0.5, 0.6) is 0 Å². The monoisotopic (exact) mass is 349 g/mol. The SMILES string of the molecule is CC(C)(C)OC(=O)N1CCCC(NNC(=O)OCc2ccccc2)C1. The molecule has 1 aromatic rings. The quantitative estimate of drug-likeness (QED) is 0.817. The normalized spacial score (nSPS) is 17.7. The van der Waals surface area contributed by atoms with Gasteiger partial charge in [-0.2, -0.15) is 0 Å². The third-order valence-electron chi connectivity index (χ3n) is 3.66. The molecule has 1 aliphatic rings. The summed E-state index contributed by atoms with van der Waals surface area (Å²) in [4.78, 5) is 25.5. The number of ether oxygens (including phenoxy) is 2. The zero-order valence-electron chi connectivity index (χ0n) is 15.1. The Labute approximate surface area is 148 Å². The average molecular weight is 349 g/mol. The molecule has 1 aliphatic heterocycles. The number of benzene rings is 1. The summed E-state index contributed by atoms with van der Waals surface area (Å²) in [5, 5.41) is 0. The van der Waals surface area contributed by atoms with Crippen molar-refractivity contribution in [2.75, 3.05) is 13.1 Å². The van der Waals surface area contributed by atoms with Gasteiger partial charge in [0.1, 0.15) is 12.2 Å². The van der Waals surface area contributed by atoms with Crippen molar-refractivity contribution in [1.29, 1.82) is 0 Å². The smallest absolute Gasteiger partial charge is 0.421 e. The molecule has 7 heteroatoms. The lowest BCUT2D eigenvalue weighted by Crippen LogP contribution is -2.54. The van der Waals surface area contributed by atoms with Gasteiger partial charge in [0.15, 0.2) is 0 Å². The number of amides is 2. The molecule has 1 fully saturated rings. The van der Waals surface area contributed by atoms with Crippen molar-refractivity contribution in [2.45, 2.75) is 51.9 Å². The molecule has 0 saturated carbocycles. The Hall–Kier alpha value is -2.28. The van der Waals surface area contributed by atoms with Crippen LogP contribution in [0.25, 0.3) is 0 Å². The Kier molecular flexibility index (Phi) is 6.64. The minimum Gasteiger partial charge on any atom is -0.444 e. The van der Waals surface area contributed by atoms with Gasteiger partial charge in [-0.15, -0.1) is 0 Å². The Morgan fingerprint density at radius 1 is 1.24 bits per heavy atom. The highest BCUT2D eigenvalue weighted by Crippen LogP contribution is 2.15. The fraction of sp³-hybridized carbons (Fsp3) is 0.556. The average Bonchev–Trinajstić information content (AvgIpc) is 2.58. The Balaban J connectivity index is 1.71. The molecule has 25 heavy (non-hydrogen) atoms. The fourth-order valence-corrected chi connectivity index (χ4v) is 2.51. The van der Waals surface area contributed by atoms with Gasteiger partial charge in [0, 0.05) is 19.1 Å². The van der Waals surface area contributed by atoms with E-state index in [1.165, 1.54) is 0 Å². The van der Waals surface area contributed by atoms with Crippen molar-refractivity contribution in [1.82, 2.24) is 15.8 Å². The summed E-state index contributed by atoms with van der Waals surface area (Å²) in [5.41, 5.74) is 5.88. The first-order chi connectivity index (χ1) is 11.8. The number of hydrazine groups is 1.